The number of aliphatic carboxylic acids is 1. The zero-order chi connectivity index (χ0) is 15.2. The molecule has 1 atom stereocenters. The van der Waals surface area contributed by atoms with E-state index in [4.69, 9.17) is 9.84 Å². The van der Waals surface area contributed by atoms with Crippen molar-refractivity contribution < 1.29 is 19.4 Å². The predicted molar refractivity (Wildman–Crippen MR) is 76.3 cm³/mol. The number of ether oxygens (including phenoxy) is 1. The van der Waals surface area contributed by atoms with Crippen molar-refractivity contribution >= 4 is 11.9 Å². The number of nitrogens with zero attached hydrogens (tertiary/aromatic N) is 1. The molecule has 1 aliphatic rings. The van der Waals surface area contributed by atoms with Gasteiger partial charge in [0.25, 0.3) is 5.91 Å². The zero-order valence-electron chi connectivity index (χ0n) is 12.0. The van der Waals surface area contributed by atoms with E-state index in [-0.39, 0.29) is 18.4 Å². The second kappa shape index (κ2) is 7.06. The largest absolute Gasteiger partial charge is 0.481 e. The summed E-state index contributed by atoms with van der Waals surface area (Å²) in [7, 11) is 0. The van der Waals surface area contributed by atoms with Gasteiger partial charge in [-0.05, 0) is 38.7 Å². The smallest absolute Gasteiger partial charge is 0.305 e. The molecule has 21 heavy (non-hydrogen) atoms. The van der Waals surface area contributed by atoms with Crippen LogP contribution in [0.3, 0.4) is 0 Å². The Bertz CT molecular complexity index is 495. The zero-order valence-corrected chi connectivity index (χ0v) is 12.0. The van der Waals surface area contributed by atoms with Gasteiger partial charge in [-0.2, -0.15) is 0 Å². The highest BCUT2D eigenvalue weighted by atomic mass is 16.5. The van der Waals surface area contributed by atoms with Crippen LogP contribution in [-0.4, -0.2) is 34.1 Å². The van der Waals surface area contributed by atoms with Crippen molar-refractivity contribution in [2.45, 2.75) is 51.2 Å². The molecule has 1 unspecified atom stereocenters. The average Bonchev–Trinajstić information content (AvgIpc) is 2.91. The summed E-state index contributed by atoms with van der Waals surface area (Å²) in [6, 6.07) is 2.89. The minimum atomic E-state index is -0.943. The fourth-order valence-electron chi connectivity index (χ4n) is 2.38. The van der Waals surface area contributed by atoms with Crippen molar-refractivity contribution in [3.8, 4) is 5.88 Å². The summed E-state index contributed by atoms with van der Waals surface area (Å²) in [5.74, 6) is -0.748. The molecule has 0 saturated heterocycles. The Kier molecular flexibility index (Phi) is 5.14. The number of rotatable bonds is 6. The van der Waals surface area contributed by atoms with Gasteiger partial charge in [-0.25, -0.2) is 4.98 Å². The first-order valence-corrected chi connectivity index (χ1v) is 7.20. The van der Waals surface area contributed by atoms with Crippen LogP contribution in [0.1, 0.15) is 49.4 Å². The van der Waals surface area contributed by atoms with Crippen molar-refractivity contribution in [2.75, 3.05) is 0 Å². The predicted octanol–water partition coefficient (Wildman–Crippen LogP) is 2.00. The molecule has 1 aliphatic carbocycles. The number of aromatic nitrogens is 1. The van der Waals surface area contributed by atoms with E-state index in [0.29, 0.717) is 11.4 Å². The summed E-state index contributed by atoms with van der Waals surface area (Å²) in [4.78, 5) is 26.6. The van der Waals surface area contributed by atoms with E-state index in [1.54, 1.807) is 19.1 Å². The van der Waals surface area contributed by atoms with Gasteiger partial charge in [-0.15, -0.1) is 0 Å². The van der Waals surface area contributed by atoms with Gasteiger partial charge in [-0.3, -0.25) is 9.59 Å². The first kappa shape index (κ1) is 15.3. The van der Waals surface area contributed by atoms with E-state index < -0.39 is 12.0 Å². The Labute approximate surface area is 123 Å². The fourth-order valence-corrected chi connectivity index (χ4v) is 2.38. The maximum Gasteiger partial charge on any atom is 0.305 e. The molecule has 0 aromatic carbocycles. The number of hydrogen-bond acceptors (Lipinski definition) is 4. The van der Waals surface area contributed by atoms with Crippen LogP contribution in [0.5, 0.6) is 5.88 Å². The van der Waals surface area contributed by atoms with Gasteiger partial charge in [0.05, 0.1) is 12.0 Å². The quantitative estimate of drug-likeness (QED) is 0.837. The first-order valence-electron chi connectivity index (χ1n) is 7.20. The number of amides is 1. The Morgan fingerprint density at radius 2 is 2.14 bits per heavy atom. The summed E-state index contributed by atoms with van der Waals surface area (Å²) in [6.07, 6.45) is 6.05. The lowest BCUT2D eigenvalue weighted by atomic mass is 10.2. The highest BCUT2D eigenvalue weighted by Gasteiger charge is 2.17. The lowest BCUT2D eigenvalue weighted by Crippen LogP contribution is -2.34. The lowest BCUT2D eigenvalue weighted by Gasteiger charge is -2.13. The lowest BCUT2D eigenvalue weighted by molar-refractivity contribution is -0.137. The molecule has 0 aliphatic heterocycles. The molecule has 6 nitrogen and oxygen atoms in total. The van der Waals surface area contributed by atoms with E-state index >= 15 is 0 Å². The van der Waals surface area contributed by atoms with Crippen molar-refractivity contribution in [3.63, 3.8) is 0 Å². The van der Waals surface area contributed by atoms with Gasteiger partial charge in [0, 0.05) is 18.3 Å². The Morgan fingerprint density at radius 1 is 1.43 bits per heavy atom. The monoisotopic (exact) mass is 292 g/mol. The minimum absolute atomic E-state index is 0.109. The van der Waals surface area contributed by atoms with Crippen LogP contribution >= 0.6 is 0 Å². The normalized spacial score (nSPS) is 16.4. The molecule has 1 aromatic rings. The maximum absolute atomic E-state index is 11.9. The molecule has 1 amide bonds. The van der Waals surface area contributed by atoms with Crippen LogP contribution in [0.15, 0.2) is 18.3 Å². The molecular formula is C15H20N2O4. The van der Waals surface area contributed by atoms with Gasteiger partial charge >= 0.3 is 5.97 Å². The Morgan fingerprint density at radius 3 is 2.71 bits per heavy atom. The molecule has 0 spiro atoms. The maximum atomic E-state index is 11.9. The van der Waals surface area contributed by atoms with E-state index in [1.807, 2.05) is 0 Å². The summed E-state index contributed by atoms with van der Waals surface area (Å²) in [5.41, 5.74) is 0.394. The molecule has 1 saturated carbocycles. The second-order valence-electron chi connectivity index (χ2n) is 5.38. The van der Waals surface area contributed by atoms with Gasteiger partial charge in [0.2, 0.25) is 5.88 Å². The van der Waals surface area contributed by atoms with Gasteiger partial charge in [0.1, 0.15) is 6.10 Å². The fraction of sp³-hybridized carbons (Fsp3) is 0.533. The van der Waals surface area contributed by atoms with Crippen molar-refractivity contribution in [1.82, 2.24) is 10.3 Å². The number of carbonyl (C=O) groups is 2. The average molecular weight is 292 g/mol. The molecule has 2 rings (SSSR count). The van der Waals surface area contributed by atoms with Crippen LogP contribution in [0.25, 0.3) is 0 Å². The van der Waals surface area contributed by atoms with Crippen LogP contribution in [0.2, 0.25) is 0 Å². The number of carboxylic acids is 1. The minimum Gasteiger partial charge on any atom is -0.481 e. The van der Waals surface area contributed by atoms with E-state index in [1.165, 1.54) is 19.0 Å². The molecule has 1 aromatic heterocycles. The van der Waals surface area contributed by atoms with Gasteiger partial charge in [0.15, 0.2) is 0 Å². The van der Waals surface area contributed by atoms with Crippen LogP contribution < -0.4 is 10.1 Å². The number of pyridine rings is 1. The molecule has 2 N–H and O–H groups in total. The Hall–Kier alpha value is -2.11. The molecule has 1 fully saturated rings. The second-order valence-corrected chi connectivity index (χ2v) is 5.38. The summed E-state index contributed by atoms with van der Waals surface area (Å²) in [5, 5.41) is 11.3. The van der Waals surface area contributed by atoms with Crippen molar-refractivity contribution in [1.29, 1.82) is 0 Å². The SMILES string of the molecule is CC(CC(=O)O)NC(=O)c1ccc(OC2CCCC2)nc1. The standard InChI is InChI=1S/C15H20N2O4/c1-10(8-14(18)19)17-15(20)11-6-7-13(16-9-11)21-12-4-2-3-5-12/h6-7,9-10,12H,2-5,8H2,1H3,(H,17,20)(H,18,19). The van der Waals surface area contributed by atoms with Gasteiger partial charge < -0.3 is 15.2 Å². The van der Waals surface area contributed by atoms with Crippen molar-refractivity contribution in [2.24, 2.45) is 0 Å². The van der Waals surface area contributed by atoms with E-state index in [9.17, 15) is 9.59 Å². The third kappa shape index (κ3) is 4.73. The highest BCUT2D eigenvalue weighted by Crippen LogP contribution is 2.22. The molecule has 1 heterocycles. The molecule has 0 radical (unpaired) electrons. The first-order chi connectivity index (χ1) is 10.0. The Balaban J connectivity index is 1.88. The van der Waals surface area contributed by atoms with Crippen LogP contribution in [0, 0.1) is 0 Å². The number of hydrogen-bond donors (Lipinski definition) is 2. The van der Waals surface area contributed by atoms with E-state index in [2.05, 4.69) is 10.3 Å². The summed E-state index contributed by atoms with van der Waals surface area (Å²) in [6.45, 7) is 1.65. The van der Waals surface area contributed by atoms with E-state index in [0.717, 1.165) is 12.8 Å². The third-order valence-electron chi connectivity index (χ3n) is 3.45. The molecule has 0 bridgehead atoms. The number of carboxylic acid groups (broad SMARTS) is 1. The highest BCUT2D eigenvalue weighted by molar-refractivity contribution is 5.94. The number of carbonyl (C=O) groups excluding carboxylic acids is 1. The third-order valence-corrected chi connectivity index (χ3v) is 3.45. The van der Waals surface area contributed by atoms with Crippen LogP contribution in [-0.2, 0) is 4.79 Å². The molecule has 6 heteroatoms. The summed E-state index contributed by atoms with van der Waals surface area (Å²) >= 11 is 0. The summed E-state index contributed by atoms with van der Waals surface area (Å²) < 4.78 is 5.72. The van der Waals surface area contributed by atoms with Gasteiger partial charge in [-0.1, -0.05) is 0 Å². The van der Waals surface area contributed by atoms with Crippen LogP contribution in [0.4, 0.5) is 0 Å². The van der Waals surface area contributed by atoms with Crippen molar-refractivity contribution in [3.05, 3.63) is 23.9 Å². The topological polar surface area (TPSA) is 88.5 Å². The molecular weight excluding hydrogens is 272 g/mol. The number of nitrogens with one attached hydrogen (secondary N) is 1. The molecule has 114 valence electrons.